The smallest absolute Gasteiger partial charge is 0.239 e. The lowest BCUT2D eigenvalue weighted by Gasteiger charge is -2.20. The van der Waals surface area contributed by atoms with Gasteiger partial charge in [-0.05, 0) is 12.5 Å². The summed E-state index contributed by atoms with van der Waals surface area (Å²) in [5.74, 6) is -0.856. The molecule has 0 saturated carbocycles. The van der Waals surface area contributed by atoms with E-state index in [9.17, 15) is 14.0 Å². The van der Waals surface area contributed by atoms with Gasteiger partial charge in [-0.15, -0.1) is 0 Å². The van der Waals surface area contributed by atoms with Crippen molar-refractivity contribution in [2.24, 2.45) is 0 Å². The van der Waals surface area contributed by atoms with E-state index in [-0.39, 0.29) is 30.7 Å². The summed E-state index contributed by atoms with van der Waals surface area (Å²) in [5.41, 5.74) is 0.404. The Kier molecular flexibility index (Phi) is 5.99. The van der Waals surface area contributed by atoms with Crippen LogP contribution >= 0.6 is 0 Å². The van der Waals surface area contributed by atoms with E-state index in [1.165, 1.54) is 17.9 Å². The minimum Gasteiger partial charge on any atom is -0.355 e. The van der Waals surface area contributed by atoms with E-state index in [0.717, 1.165) is 6.42 Å². The van der Waals surface area contributed by atoms with Crippen molar-refractivity contribution < 1.29 is 14.0 Å². The molecule has 1 N–H and O–H groups in total. The summed E-state index contributed by atoms with van der Waals surface area (Å²) in [6, 6.07) is 6.23. The summed E-state index contributed by atoms with van der Waals surface area (Å²) >= 11 is 0. The van der Waals surface area contributed by atoms with Crippen LogP contribution in [0.25, 0.3) is 0 Å². The number of benzene rings is 1. The van der Waals surface area contributed by atoms with Gasteiger partial charge in [-0.1, -0.05) is 25.1 Å². The molecule has 1 aromatic rings. The number of carbonyl (C=O) groups is 2. The molecule has 5 heteroatoms. The van der Waals surface area contributed by atoms with Gasteiger partial charge >= 0.3 is 0 Å². The Morgan fingerprint density at radius 2 is 2.00 bits per heavy atom. The lowest BCUT2D eigenvalue weighted by atomic mass is 10.2. The van der Waals surface area contributed by atoms with E-state index < -0.39 is 0 Å². The highest BCUT2D eigenvalue weighted by molar-refractivity contribution is 5.83. The van der Waals surface area contributed by atoms with Crippen LogP contribution < -0.4 is 5.32 Å². The van der Waals surface area contributed by atoms with Crippen LogP contribution in [0.4, 0.5) is 4.39 Å². The average Bonchev–Trinajstić information content (AvgIpc) is 2.38. The molecule has 0 spiro atoms. The van der Waals surface area contributed by atoms with Gasteiger partial charge in [0.1, 0.15) is 5.82 Å². The van der Waals surface area contributed by atoms with Crippen LogP contribution in [0.1, 0.15) is 25.8 Å². The summed E-state index contributed by atoms with van der Waals surface area (Å²) in [6.07, 6.45) is 0.832. The first-order valence-electron chi connectivity index (χ1n) is 6.30. The van der Waals surface area contributed by atoms with Crippen LogP contribution in [0.5, 0.6) is 0 Å². The number of carbonyl (C=O) groups excluding carboxylic acids is 2. The highest BCUT2D eigenvalue weighted by atomic mass is 19.1. The van der Waals surface area contributed by atoms with Crippen molar-refractivity contribution in [3.8, 4) is 0 Å². The molecule has 4 nitrogen and oxygen atoms in total. The standard InChI is InChI=1S/C14H19FN2O2/c1-3-8-16-14(19)10-17(11(2)18)9-12-6-4-5-7-13(12)15/h4-7H,3,8-10H2,1-2H3,(H,16,19). The SMILES string of the molecule is CCCNC(=O)CN(Cc1ccccc1F)C(C)=O. The molecule has 0 unspecified atom stereocenters. The van der Waals surface area contributed by atoms with Gasteiger partial charge in [0.2, 0.25) is 11.8 Å². The topological polar surface area (TPSA) is 49.4 Å². The van der Waals surface area contributed by atoms with Gasteiger partial charge in [-0.3, -0.25) is 9.59 Å². The van der Waals surface area contributed by atoms with Crippen molar-refractivity contribution in [1.82, 2.24) is 10.2 Å². The maximum absolute atomic E-state index is 13.5. The van der Waals surface area contributed by atoms with E-state index in [4.69, 9.17) is 0 Å². The highest BCUT2D eigenvalue weighted by Crippen LogP contribution is 2.09. The molecule has 0 heterocycles. The molecular formula is C14H19FN2O2. The lowest BCUT2D eigenvalue weighted by Crippen LogP contribution is -2.39. The Morgan fingerprint density at radius 3 is 2.58 bits per heavy atom. The van der Waals surface area contributed by atoms with Gasteiger partial charge in [0.25, 0.3) is 0 Å². The summed E-state index contributed by atoms with van der Waals surface area (Å²) in [6.45, 7) is 3.94. The van der Waals surface area contributed by atoms with Crippen molar-refractivity contribution in [3.63, 3.8) is 0 Å². The molecule has 0 aliphatic carbocycles. The molecule has 0 aromatic heterocycles. The number of nitrogens with zero attached hydrogens (tertiary/aromatic N) is 1. The molecule has 0 atom stereocenters. The first-order valence-corrected chi connectivity index (χ1v) is 6.30. The predicted octanol–water partition coefficient (Wildman–Crippen LogP) is 1.70. The molecule has 0 aliphatic heterocycles. The van der Waals surface area contributed by atoms with E-state index >= 15 is 0 Å². The molecule has 0 saturated heterocycles. The van der Waals surface area contributed by atoms with Crippen LogP contribution in [0.3, 0.4) is 0 Å². The van der Waals surface area contributed by atoms with E-state index in [1.807, 2.05) is 6.92 Å². The second-order valence-corrected chi connectivity index (χ2v) is 4.32. The van der Waals surface area contributed by atoms with Crippen molar-refractivity contribution >= 4 is 11.8 Å². The normalized spacial score (nSPS) is 10.1. The minimum atomic E-state index is -0.372. The van der Waals surface area contributed by atoms with Gasteiger partial charge in [-0.25, -0.2) is 4.39 Å². The average molecular weight is 266 g/mol. The first-order chi connectivity index (χ1) is 9.04. The Balaban J connectivity index is 2.66. The third-order valence-electron chi connectivity index (χ3n) is 2.67. The molecule has 19 heavy (non-hydrogen) atoms. The van der Waals surface area contributed by atoms with Crippen molar-refractivity contribution in [2.45, 2.75) is 26.8 Å². The Labute approximate surface area is 112 Å². The summed E-state index contributed by atoms with van der Waals surface area (Å²) < 4.78 is 13.5. The number of amides is 2. The zero-order valence-corrected chi connectivity index (χ0v) is 11.3. The zero-order valence-electron chi connectivity index (χ0n) is 11.3. The first kappa shape index (κ1) is 15.1. The highest BCUT2D eigenvalue weighted by Gasteiger charge is 2.15. The predicted molar refractivity (Wildman–Crippen MR) is 70.8 cm³/mol. The molecule has 2 amide bonds. The van der Waals surface area contributed by atoms with Crippen molar-refractivity contribution in [1.29, 1.82) is 0 Å². The maximum Gasteiger partial charge on any atom is 0.239 e. The second-order valence-electron chi connectivity index (χ2n) is 4.32. The Morgan fingerprint density at radius 1 is 1.32 bits per heavy atom. The molecule has 0 aliphatic rings. The van der Waals surface area contributed by atoms with Crippen molar-refractivity contribution in [2.75, 3.05) is 13.1 Å². The molecular weight excluding hydrogens is 247 g/mol. The van der Waals surface area contributed by atoms with Gasteiger partial charge in [0, 0.05) is 25.6 Å². The van der Waals surface area contributed by atoms with E-state index in [1.54, 1.807) is 18.2 Å². The Bertz CT molecular complexity index is 449. The summed E-state index contributed by atoms with van der Waals surface area (Å²) in [7, 11) is 0. The number of halogens is 1. The van der Waals surface area contributed by atoms with Crippen LogP contribution in [0.15, 0.2) is 24.3 Å². The fourth-order valence-corrected chi connectivity index (χ4v) is 1.60. The number of rotatable bonds is 6. The number of nitrogens with one attached hydrogen (secondary N) is 1. The van der Waals surface area contributed by atoms with Crippen LogP contribution in [-0.4, -0.2) is 29.8 Å². The van der Waals surface area contributed by atoms with Crippen LogP contribution in [-0.2, 0) is 16.1 Å². The largest absolute Gasteiger partial charge is 0.355 e. The molecule has 0 radical (unpaired) electrons. The fourth-order valence-electron chi connectivity index (χ4n) is 1.60. The van der Waals surface area contributed by atoms with Crippen molar-refractivity contribution in [3.05, 3.63) is 35.6 Å². The lowest BCUT2D eigenvalue weighted by molar-refractivity contribution is -0.134. The van der Waals surface area contributed by atoms with Crippen LogP contribution in [0.2, 0.25) is 0 Å². The number of hydrogen-bond acceptors (Lipinski definition) is 2. The molecule has 0 bridgehead atoms. The van der Waals surface area contributed by atoms with E-state index in [0.29, 0.717) is 12.1 Å². The molecule has 0 fully saturated rings. The second kappa shape index (κ2) is 7.51. The fraction of sp³-hybridized carbons (Fsp3) is 0.429. The monoisotopic (exact) mass is 266 g/mol. The summed E-state index contributed by atoms with van der Waals surface area (Å²) in [4.78, 5) is 24.4. The van der Waals surface area contributed by atoms with Crippen LogP contribution in [0, 0.1) is 5.82 Å². The molecule has 1 aromatic carbocycles. The maximum atomic E-state index is 13.5. The molecule has 1 rings (SSSR count). The number of hydrogen-bond donors (Lipinski definition) is 1. The van der Waals surface area contributed by atoms with Gasteiger partial charge < -0.3 is 10.2 Å². The van der Waals surface area contributed by atoms with E-state index in [2.05, 4.69) is 5.32 Å². The third kappa shape index (κ3) is 5.07. The summed E-state index contributed by atoms with van der Waals surface area (Å²) in [5, 5.41) is 2.69. The minimum absolute atomic E-state index is 0.0519. The van der Waals surface area contributed by atoms with Gasteiger partial charge in [0.05, 0.1) is 6.54 Å². The molecule has 104 valence electrons. The zero-order chi connectivity index (χ0) is 14.3. The quantitative estimate of drug-likeness (QED) is 0.852. The van der Waals surface area contributed by atoms with Gasteiger partial charge in [-0.2, -0.15) is 0 Å². The van der Waals surface area contributed by atoms with Gasteiger partial charge in [0.15, 0.2) is 0 Å². The third-order valence-corrected chi connectivity index (χ3v) is 2.67. The Hall–Kier alpha value is -1.91.